The summed E-state index contributed by atoms with van der Waals surface area (Å²) in [6.45, 7) is 3.77. The SMILES string of the molecule is O=C(NCC(O)CO)c1ccccc1Nc1nc(Nc2ccc(CN3CCOCC3)cc2)ncc1Cl. The smallest absolute Gasteiger partial charge is 0.253 e. The van der Waals surface area contributed by atoms with Crippen LogP contribution in [0.4, 0.5) is 23.1 Å². The molecule has 1 aliphatic heterocycles. The Labute approximate surface area is 214 Å². The number of aliphatic hydroxyl groups excluding tert-OH is 2. The number of anilines is 4. The van der Waals surface area contributed by atoms with Crippen LogP contribution in [0.15, 0.2) is 54.7 Å². The number of benzene rings is 2. The molecular weight excluding hydrogens is 484 g/mol. The van der Waals surface area contributed by atoms with Crippen molar-refractivity contribution in [2.75, 3.05) is 50.1 Å². The first kappa shape index (κ1) is 25.8. The van der Waals surface area contributed by atoms with Crippen molar-refractivity contribution in [1.82, 2.24) is 20.2 Å². The number of aromatic nitrogens is 2. The maximum absolute atomic E-state index is 12.6. The second-order valence-electron chi connectivity index (χ2n) is 8.32. The molecule has 1 aromatic heterocycles. The van der Waals surface area contributed by atoms with Gasteiger partial charge < -0.3 is 30.9 Å². The molecule has 190 valence electrons. The molecule has 4 rings (SSSR count). The van der Waals surface area contributed by atoms with Crippen LogP contribution in [0.25, 0.3) is 0 Å². The lowest BCUT2D eigenvalue weighted by Gasteiger charge is -2.26. The lowest BCUT2D eigenvalue weighted by molar-refractivity contribution is 0.0342. The van der Waals surface area contributed by atoms with Crippen molar-refractivity contribution in [3.63, 3.8) is 0 Å². The first-order valence-electron chi connectivity index (χ1n) is 11.6. The van der Waals surface area contributed by atoms with E-state index in [0.29, 0.717) is 23.0 Å². The first-order chi connectivity index (χ1) is 17.5. The summed E-state index contributed by atoms with van der Waals surface area (Å²) in [6, 6.07) is 14.9. The van der Waals surface area contributed by atoms with E-state index in [1.165, 1.54) is 11.8 Å². The summed E-state index contributed by atoms with van der Waals surface area (Å²) in [5.74, 6) is 0.260. The molecule has 2 heterocycles. The number of halogens is 1. The van der Waals surface area contributed by atoms with Gasteiger partial charge in [-0.25, -0.2) is 4.98 Å². The Morgan fingerprint density at radius 3 is 2.61 bits per heavy atom. The molecule has 5 N–H and O–H groups in total. The minimum atomic E-state index is -1.03. The van der Waals surface area contributed by atoms with Crippen molar-refractivity contribution in [1.29, 1.82) is 0 Å². The number of carbonyl (C=O) groups is 1. The third-order valence-corrected chi connectivity index (χ3v) is 5.87. The Kier molecular flexibility index (Phi) is 9.04. The molecule has 11 heteroatoms. The van der Waals surface area contributed by atoms with Gasteiger partial charge in [0.2, 0.25) is 5.95 Å². The Morgan fingerprint density at radius 2 is 1.86 bits per heavy atom. The monoisotopic (exact) mass is 512 g/mol. The Hall–Kier alpha value is -3.28. The van der Waals surface area contributed by atoms with Crippen LogP contribution in [0.1, 0.15) is 15.9 Å². The molecule has 1 unspecified atom stereocenters. The van der Waals surface area contributed by atoms with Gasteiger partial charge >= 0.3 is 0 Å². The van der Waals surface area contributed by atoms with Crippen molar-refractivity contribution in [2.24, 2.45) is 0 Å². The molecule has 2 aromatic carbocycles. The van der Waals surface area contributed by atoms with E-state index in [-0.39, 0.29) is 11.6 Å². The van der Waals surface area contributed by atoms with E-state index in [9.17, 15) is 9.90 Å². The maximum atomic E-state index is 12.6. The van der Waals surface area contributed by atoms with Crippen molar-refractivity contribution >= 4 is 40.6 Å². The molecule has 1 saturated heterocycles. The predicted molar refractivity (Wildman–Crippen MR) is 138 cm³/mol. The van der Waals surface area contributed by atoms with Gasteiger partial charge in [0.25, 0.3) is 5.91 Å². The highest BCUT2D eigenvalue weighted by Crippen LogP contribution is 2.27. The average molecular weight is 513 g/mol. The number of hydrogen-bond acceptors (Lipinski definition) is 9. The number of nitrogens with one attached hydrogen (secondary N) is 3. The van der Waals surface area contributed by atoms with E-state index in [4.69, 9.17) is 21.4 Å². The van der Waals surface area contributed by atoms with Crippen LogP contribution < -0.4 is 16.0 Å². The molecular formula is C25H29ClN6O4. The van der Waals surface area contributed by atoms with E-state index in [2.05, 4.69) is 43.0 Å². The van der Waals surface area contributed by atoms with E-state index in [1.54, 1.807) is 24.3 Å². The van der Waals surface area contributed by atoms with E-state index in [0.717, 1.165) is 38.5 Å². The van der Waals surface area contributed by atoms with Gasteiger partial charge in [0, 0.05) is 31.9 Å². The summed E-state index contributed by atoms with van der Waals surface area (Å²) in [7, 11) is 0. The van der Waals surface area contributed by atoms with Crippen LogP contribution in [0, 0.1) is 0 Å². The lowest BCUT2D eigenvalue weighted by Crippen LogP contribution is -2.35. The summed E-state index contributed by atoms with van der Waals surface area (Å²) in [6.07, 6.45) is 0.444. The minimum Gasteiger partial charge on any atom is -0.394 e. The number of carbonyl (C=O) groups excluding carboxylic acids is 1. The van der Waals surface area contributed by atoms with Gasteiger partial charge in [-0.05, 0) is 29.8 Å². The average Bonchev–Trinajstić information content (AvgIpc) is 2.91. The fraction of sp³-hybridized carbons (Fsp3) is 0.320. The zero-order valence-corrected chi connectivity index (χ0v) is 20.4. The van der Waals surface area contributed by atoms with E-state index < -0.39 is 18.6 Å². The number of aliphatic hydroxyl groups is 2. The van der Waals surface area contributed by atoms with E-state index >= 15 is 0 Å². The van der Waals surface area contributed by atoms with Gasteiger partial charge in [-0.15, -0.1) is 0 Å². The molecule has 10 nitrogen and oxygen atoms in total. The van der Waals surface area contributed by atoms with E-state index in [1.807, 2.05) is 12.1 Å². The Bertz CT molecular complexity index is 1160. The maximum Gasteiger partial charge on any atom is 0.253 e. The Morgan fingerprint density at radius 1 is 1.11 bits per heavy atom. The van der Waals surface area contributed by atoms with Crippen LogP contribution in [0.2, 0.25) is 5.02 Å². The quantitative estimate of drug-likeness (QED) is 0.278. The van der Waals surface area contributed by atoms with Gasteiger partial charge in [0.1, 0.15) is 5.02 Å². The number of amides is 1. The topological polar surface area (TPSA) is 132 Å². The summed E-state index contributed by atoms with van der Waals surface area (Å²) < 4.78 is 5.40. The fourth-order valence-corrected chi connectivity index (χ4v) is 3.78. The van der Waals surface area contributed by atoms with Crippen LogP contribution in [-0.2, 0) is 11.3 Å². The predicted octanol–water partition coefficient (Wildman–Crippen LogP) is 2.53. The molecule has 1 aliphatic rings. The van der Waals surface area contributed by atoms with Crippen LogP contribution in [-0.4, -0.2) is 76.5 Å². The number of nitrogens with zero attached hydrogens (tertiary/aromatic N) is 3. The van der Waals surface area contributed by atoms with Crippen molar-refractivity contribution in [3.8, 4) is 0 Å². The number of para-hydroxylation sites is 1. The number of rotatable bonds is 10. The molecule has 1 atom stereocenters. The zero-order valence-electron chi connectivity index (χ0n) is 19.7. The van der Waals surface area contributed by atoms with Crippen molar-refractivity contribution in [2.45, 2.75) is 12.6 Å². The van der Waals surface area contributed by atoms with Crippen LogP contribution in [0.5, 0.6) is 0 Å². The van der Waals surface area contributed by atoms with Gasteiger partial charge in [0.15, 0.2) is 5.82 Å². The number of morpholine rings is 1. The molecule has 1 fully saturated rings. The third-order valence-electron chi connectivity index (χ3n) is 5.60. The highest BCUT2D eigenvalue weighted by Gasteiger charge is 2.15. The molecule has 36 heavy (non-hydrogen) atoms. The number of ether oxygens (including phenoxy) is 1. The second-order valence-corrected chi connectivity index (χ2v) is 8.72. The fourth-order valence-electron chi connectivity index (χ4n) is 3.64. The normalized spacial score (nSPS) is 14.8. The summed E-state index contributed by atoms with van der Waals surface area (Å²) in [5.41, 5.74) is 2.86. The summed E-state index contributed by atoms with van der Waals surface area (Å²) in [4.78, 5) is 23.7. The molecule has 0 radical (unpaired) electrons. The second kappa shape index (κ2) is 12.6. The minimum absolute atomic E-state index is 0.0722. The first-order valence-corrected chi connectivity index (χ1v) is 12.0. The Balaban J connectivity index is 1.43. The molecule has 1 amide bonds. The number of hydrogen-bond donors (Lipinski definition) is 5. The van der Waals surface area contributed by atoms with Gasteiger partial charge in [-0.3, -0.25) is 9.69 Å². The highest BCUT2D eigenvalue weighted by atomic mass is 35.5. The molecule has 0 aliphatic carbocycles. The standard InChI is InChI=1S/C25H29ClN6O4/c26-21-14-28-25(29-18-7-5-17(6-8-18)15-32-9-11-36-12-10-32)31-23(21)30-22-4-2-1-3-20(22)24(35)27-13-19(34)16-33/h1-8,14,19,33-34H,9-13,15-16H2,(H,27,35)(H2,28,29,30,31). The molecule has 0 saturated carbocycles. The highest BCUT2D eigenvalue weighted by molar-refractivity contribution is 6.33. The van der Waals surface area contributed by atoms with Gasteiger partial charge in [0.05, 0.1) is 43.4 Å². The summed E-state index contributed by atoms with van der Waals surface area (Å²) in [5, 5.41) is 27.6. The van der Waals surface area contributed by atoms with Gasteiger partial charge in [-0.2, -0.15) is 4.98 Å². The molecule has 0 spiro atoms. The van der Waals surface area contributed by atoms with Crippen LogP contribution >= 0.6 is 11.6 Å². The van der Waals surface area contributed by atoms with Crippen molar-refractivity contribution < 1.29 is 19.7 Å². The molecule has 0 bridgehead atoms. The summed E-state index contributed by atoms with van der Waals surface area (Å²) >= 11 is 6.33. The lowest BCUT2D eigenvalue weighted by atomic mass is 10.1. The zero-order chi connectivity index (χ0) is 25.3. The van der Waals surface area contributed by atoms with Crippen LogP contribution in [0.3, 0.4) is 0 Å². The largest absolute Gasteiger partial charge is 0.394 e. The van der Waals surface area contributed by atoms with Gasteiger partial charge in [-0.1, -0.05) is 35.9 Å². The molecule has 3 aromatic rings. The third kappa shape index (κ3) is 7.12. The van der Waals surface area contributed by atoms with Crippen molar-refractivity contribution in [3.05, 3.63) is 70.9 Å².